The van der Waals surface area contributed by atoms with Gasteiger partial charge in [-0.15, -0.1) is 0 Å². The molecule has 0 aromatic carbocycles. The predicted octanol–water partition coefficient (Wildman–Crippen LogP) is 3.96. The van der Waals surface area contributed by atoms with Gasteiger partial charge < -0.3 is 8.85 Å². The Morgan fingerprint density at radius 3 is 1.67 bits per heavy atom. The summed E-state index contributed by atoms with van der Waals surface area (Å²) in [5, 5.41) is 0. The molecule has 0 radical (unpaired) electrons. The Kier molecular flexibility index (Phi) is 7.48. The molecule has 0 saturated heterocycles. The third kappa shape index (κ3) is 5.14. The Labute approximate surface area is 96.6 Å². The summed E-state index contributed by atoms with van der Waals surface area (Å²) in [6, 6.07) is 1.13. The van der Waals surface area contributed by atoms with Crippen LogP contribution in [-0.2, 0) is 8.85 Å². The second-order valence-corrected chi connectivity index (χ2v) is 8.62. The minimum absolute atomic E-state index is 0.538. The summed E-state index contributed by atoms with van der Waals surface area (Å²) in [6.45, 7) is 14.7. The Bertz CT molecular complexity index is 152. The van der Waals surface area contributed by atoms with Crippen LogP contribution in [0.3, 0.4) is 0 Å². The van der Waals surface area contributed by atoms with Crippen molar-refractivity contribution in [3.05, 3.63) is 0 Å². The highest BCUT2D eigenvalue weighted by Crippen LogP contribution is 2.30. The van der Waals surface area contributed by atoms with Crippen LogP contribution in [0.1, 0.15) is 48.0 Å². The molecular weight excluding hydrogens is 204 g/mol. The SMILES string of the molecule is CCO[Si](CCC(C)C)(OCC)C(C)C. The largest absolute Gasteiger partial charge is 0.394 e. The van der Waals surface area contributed by atoms with Crippen molar-refractivity contribution in [2.45, 2.75) is 59.5 Å². The Morgan fingerprint density at radius 2 is 1.40 bits per heavy atom. The Morgan fingerprint density at radius 1 is 0.933 bits per heavy atom. The van der Waals surface area contributed by atoms with E-state index in [2.05, 4.69) is 41.5 Å². The molecular formula is C12H28O2Si. The van der Waals surface area contributed by atoms with Crippen LogP contribution in [0.5, 0.6) is 0 Å². The summed E-state index contributed by atoms with van der Waals surface area (Å²) in [6.07, 6.45) is 1.21. The topological polar surface area (TPSA) is 18.5 Å². The van der Waals surface area contributed by atoms with Crippen LogP contribution < -0.4 is 0 Å². The van der Waals surface area contributed by atoms with E-state index in [1.165, 1.54) is 6.42 Å². The lowest BCUT2D eigenvalue weighted by atomic mass is 10.2. The lowest BCUT2D eigenvalue weighted by Gasteiger charge is -2.34. The van der Waals surface area contributed by atoms with Crippen molar-refractivity contribution < 1.29 is 8.85 Å². The van der Waals surface area contributed by atoms with Crippen LogP contribution in [0.25, 0.3) is 0 Å². The van der Waals surface area contributed by atoms with Gasteiger partial charge in [0.15, 0.2) is 0 Å². The molecule has 0 rings (SSSR count). The van der Waals surface area contributed by atoms with Gasteiger partial charge in [-0.1, -0.05) is 27.7 Å². The Balaban J connectivity index is 4.46. The maximum Gasteiger partial charge on any atom is 0.340 e. The molecule has 0 aliphatic carbocycles. The predicted molar refractivity (Wildman–Crippen MR) is 68.4 cm³/mol. The van der Waals surface area contributed by atoms with E-state index >= 15 is 0 Å². The van der Waals surface area contributed by atoms with Gasteiger partial charge in [-0.2, -0.15) is 0 Å². The zero-order valence-corrected chi connectivity index (χ0v) is 12.3. The fraction of sp³-hybridized carbons (Fsp3) is 1.00. The normalized spacial score (nSPS) is 12.8. The first kappa shape index (κ1) is 15.1. The van der Waals surface area contributed by atoms with Crippen LogP contribution in [-0.4, -0.2) is 21.8 Å². The summed E-state index contributed by atoms with van der Waals surface area (Å²) < 4.78 is 12.0. The molecule has 0 amide bonds. The van der Waals surface area contributed by atoms with Gasteiger partial charge in [-0.3, -0.25) is 0 Å². The van der Waals surface area contributed by atoms with Crippen molar-refractivity contribution in [3.63, 3.8) is 0 Å². The molecule has 0 aromatic heterocycles. The van der Waals surface area contributed by atoms with Crippen LogP contribution in [0.2, 0.25) is 11.6 Å². The highest BCUT2D eigenvalue weighted by molar-refractivity contribution is 6.68. The first-order chi connectivity index (χ1) is 6.98. The van der Waals surface area contributed by atoms with Gasteiger partial charge in [0.1, 0.15) is 0 Å². The monoisotopic (exact) mass is 232 g/mol. The standard InChI is InChI=1S/C12H28O2Si/c1-7-13-15(12(5)6,14-8-2)10-9-11(3)4/h11-12H,7-10H2,1-6H3. The summed E-state index contributed by atoms with van der Waals surface area (Å²) in [5.41, 5.74) is 0.538. The molecule has 0 fully saturated rings. The van der Waals surface area contributed by atoms with Crippen molar-refractivity contribution in [2.24, 2.45) is 5.92 Å². The molecule has 0 spiro atoms. The molecule has 0 aromatic rings. The summed E-state index contributed by atoms with van der Waals surface area (Å²) >= 11 is 0. The van der Waals surface area contributed by atoms with Crippen LogP contribution in [0, 0.1) is 5.92 Å². The molecule has 92 valence electrons. The molecule has 0 atom stereocenters. The summed E-state index contributed by atoms with van der Waals surface area (Å²) in [7, 11) is -1.94. The average Bonchev–Trinajstić information content (AvgIpc) is 2.14. The van der Waals surface area contributed by atoms with Crippen molar-refractivity contribution in [1.82, 2.24) is 0 Å². The van der Waals surface area contributed by atoms with E-state index in [0.29, 0.717) is 5.54 Å². The lowest BCUT2D eigenvalue weighted by molar-refractivity contribution is 0.173. The second-order valence-electron chi connectivity index (χ2n) is 4.77. The van der Waals surface area contributed by atoms with E-state index in [4.69, 9.17) is 8.85 Å². The van der Waals surface area contributed by atoms with E-state index in [-0.39, 0.29) is 0 Å². The van der Waals surface area contributed by atoms with Gasteiger partial charge in [-0.05, 0) is 37.8 Å². The molecule has 0 saturated carbocycles. The smallest absolute Gasteiger partial charge is 0.340 e. The van der Waals surface area contributed by atoms with E-state index in [1.807, 2.05) is 0 Å². The average molecular weight is 232 g/mol. The molecule has 2 nitrogen and oxygen atoms in total. The van der Waals surface area contributed by atoms with Crippen molar-refractivity contribution >= 4 is 8.56 Å². The fourth-order valence-corrected chi connectivity index (χ4v) is 5.36. The van der Waals surface area contributed by atoms with Crippen LogP contribution >= 0.6 is 0 Å². The van der Waals surface area contributed by atoms with Crippen molar-refractivity contribution in [1.29, 1.82) is 0 Å². The van der Waals surface area contributed by atoms with Gasteiger partial charge in [0.25, 0.3) is 0 Å². The molecule has 0 bridgehead atoms. The maximum absolute atomic E-state index is 6.00. The van der Waals surface area contributed by atoms with Gasteiger partial charge in [-0.25, -0.2) is 0 Å². The van der Waals surface area contributed by atoms with Gasteiger partial charge in [0.05, 0.1) is 0 Å². The first-order valence-corrected chi connectivity index (χ1v) is 8.36. The molecule has 3 heteroatoms. The molecule has 15 heavy (non-hydrogen) atoms. The minimum Gasteiger partial charge on any atom is -0.394 e. The quantitative estimate of drug-likeness (QED) is 0.590. The number of hydrogen-bond donors (Lipinski definition) is 0. The molecule has 0 N–H and O–H groups in total. The molecule has 0 aliphatic heterocycles. The van der Waals surface area contributed by atoms with E-state index < -0.39 is 8.56 Å². The van der Waals surface area contributed by atoms with Crippen LogP contribution in [0.4, 0.5) is 0 Å². The second kappa shape index (κ2) is 7.42. The fourth-order valence-electron chi connectivity index (χ4n) is 1.79. The highest BCUT2D eigenvalue weighted by Gasteiger charge is 2.40. The Hall–Kier alpha value is 0.137. The first-order valence-electron chi connectivity index (χ1n) is 6.26. The number of hydrogen-bond acceptors (Lipinski definition) is 2. The van der Waals surface area contributed by atoms with Crippen molar-refractivity contribution in [2.75, 3.05) is 13.2 Å². The van der Waals surface area contributed by atoms with E-state index in [1.54, 1.807) is 0 Å². The molecule has 0 heterocycles. The minimum atomic E-state index is -1.94. The van der Waals surface area contributed by atoms with Gasteiger partial charge >= 0.3 is 8.56 Å². The van der Waals surface area contributed by atoms with Crippen molar-refractivity contribution in [3.8, 4) is 0 Å². The highest BCUT2D eigenvalue weighted by atomic mass is 28.4. The van der Waals surface area contributed by atoms with Crippen LogP contribution in [0.15, 0.2) is 0 Å². The molecule has 0 unspecified atom stereocenters. The van der Waals surface area contributed by atoms with Gasteiger partial charge in [0.2, 0.25) is 0 Å². The summed E-state index contributed by atoms with van der Waals surface area (Å²) in [4.78, 5) is 0. The van der Waals surface area contributed by atoms with Gasteiger partial charge in [0, 0.05) is 13.2 Å². The number of rotatable bonds is 8. The molecule has 0 aliphatic rings. The van der Waals surface area contributed by atoms with E-state index in [0.717, 1.165) is 25.2 Å². The van der Waals surface area contributed by atoms with E-state index in [9.17, 15) is 0 Å². The zero-order valence-electron chi connectivity index (χ0n) is 11.3. The third-order valence-corrected chi connectivity index (χ3v) is 7.03. The maximum atomic E-state index is 6.00. The summed E-state index contributed by atoms with van der Waals surface area (Å²) in [5.74, 6) is 0.733. The lowest BCUT2D eigenvalue weighted by Crippen LogP contribution is -2.45. The third-order valence-electron chi connectivity index (χ3n) is 2.73. The zero-order chi connectivity index (χ0) is 11.9.